The molecule has 0 bridgehead atoms. The second-order valence-corrected chi connectivity index (χ2v) is 6.05. The molecule has 0 spiro atoms. The van der Waals surface area contributed by atoms with Crippen LogP contribution in [-0.2, 0) is 16.1 Å². The Morgan fingerprint density at radius 1 is 1.29 bits per heavy atom. The Labute approximate surface area is 145 Å². The van der Waals surface area contributed by atoms with Crippen LogP contribution in [0.15, 0.2) is 42.5 Å². The molecule has 2 aromatic rings. The number of amides is 2. The van der Waals surface area contributed by atoms with Crippen LogP contribution in [0.3, 0.4) is 0 Å². The molecule has 0 aliphatic carbocycles. The summed E-state index contributed by atoms with van der Waals surface area (Å²) in [5.41, 5.74) is 2.41. The highest BCUT2D eigenvalue weighted by atomic mass is 35.5. The molecule has 0 aromatic heterocycles. The second kappa shape index (κ2) is 6.53. The fourth-order valence-electron chi connectivity index (χ4n) is 2.87. The maximum absolute atomic E-state index is 12.8. The Kier molecular flexibility index (Phi) is 4.44. The zero-order chi connectivity index (χ0) is 17.3. The van der Waals surface area contributed by atoms with E-state index in [4.69, 9.17) is 16.3 Å². The zero-order valence-corrected chi connectivity index (χ0v) is 14.1. The van der Waals surface area contributed by atoms with E-state index < -0.39 is 6.04 Å². The molecule has 0 unspecified atom stereocenters. The summed E-state index contributed by atoms with van der Waals surface area (Å²) < 4.78 is 5.24. The Morgan fingerprint density at radius 3 is 2.75 bits per heavy atom. The van der Waals surface area contributed by atoms with Crippen molar-refractivity contribution >= 4 is 29.1 Å². The lowest BCUT2D eigenvalue weighted by Crippen LogP contribution is -2.36. The van der Waals surface area contributed by atoms with Crippen molar-refractivity contribution < 1.29 is 14.3 Å². The van der Waals surface area contributed by atoms with Crippen LogP contribution in [0.2, 0.25) is 5.02 Å². The smallest absolute Gasteiger partial charge is 0.254 e. The summed E-state index contributed by atoms with van der Waals surface area (Å²) in [4.78, 5) is 26.0. The summed E-state index contributed by atoms with van der Waals surface area (Å²) in [6.07, 6.45) is 0. The number of nitrogens with zero attached hydrogens (tertiary/aromatic N) is 1. The van der Waals surface area contributed by atoms with Crippen molar-refractivity contribution in [1.29, 1.82) is 0 Å². The number of hydrogen-bond donors (Lipinski definition) is 1. The second-order valence-electron chi connectivity index (χ2n) is 5.61. The molecule has 1 heterocycles. The molecule has 0 fully saturated rings. The molecule has 1 aliphatic heterocycles. The van der Waals surface area contributed by atoms with E-state index in [0.29, 0.717) is 17.3 Å². The van der Waals surface area contributed by atoms with Gasteiger partial charge in [-0.05, 0) is 35.9 Å². The number of rotatable bonds is 4. The molecule has 1 N–H and O–H groups in total. The third-order valence-electron chi connectivity index (χ3n) is 3.93. The monoisotopic (exact) mass is 344 g/mol. The summed E-state index contributed by atoms with van der Waals surface area (Å²) in [6, 6.07) is 12.1. The van der Waals surface area contributed by atoms with E-state index in [0.717, 1.165) is 16.8 Å². The van der Waals surface area contributed by atoms with Crippen LogP contribution in [0.25, 0.3) is 0 Å². The van der Waals surface area contributed by atoms with E-state index in [9.17, 15) is 9.59 Å². The van der Waals surface area contributed by atoms with Gasteiger partial charge in [-0.15, -0.1) is 0 Å². The van der Waals surface area contributed by atoms with Crippen LogP contribution in [0, 0.1) is 0 Å². The molecule has 1 atom stereocenters. The van der Waals surface area contributed by atoms with Crippen molar-refractivity contribution in [3.8, 4) is 5.75 Å². The van der Waals surface area contributed by atoms with Gasteiger partial charge < -0.3 is 15.0 Å². The fraction of sp³-hybridized carbons (Fsp3) is 0.222. The number of anilines is 1. The van der Waals surface area contributed by atoms with Crippen LogP contribution in [0.4, 0.5) is 5.69 Å². The van der Waals surface area contributed by atoms with E-state index in [1.165, 1.54) is 6.92 Å². The Morgan fingerprint density at radius 2 is 2.08 bits per heavy atom. The molecule has 24 heavy (non-hydrogen) atoms. The van der Waals surface area contributed by atoms with E-state index in [1.807, 2.05) is 24.3 Å². The Balaban J connectivity index is 1.99. The van der Waals surface area contributed by atoms with Crippen molar-refractivity contribution in [1.82, 2.24) is 5.32 Å². The molecular formula is C18H17ClN2O3. The fourth-order valence-corrected chi connectivity index (χ4v) is 3.08. The maximum Gasteiger partial charge on any atom is 0.254 e. The average molecular weight is 345 g/mol. The third-order valence-corrected chi connectivity index (χ3v) is 4.16. The van der Waals surface area contributed by atoms with Crippen molar-refractivity contribution in [3.63, 3.8) is 0 Å². The number of hydrogen-bond acceptors (Lipinski definition) is 3. The quantitative estimate of drug-likeness (QED) is 0.927. The van der Waals surface area contributed by atoms with Gasteiger partial charge in [0.2, 0.25) is 5.91 Å². The number of halogens is 1. The lowest BCUT2D eigenvalue weighted by molar-refractivity contribution is -0.126. The molecule has 1 aliphatic rings. The lowest BCUT2D eigenvalue weighted by atomic mass is 10.1. The van der Waals surface area contributed by atoms with Gasteiger partial charge in [-0.2, -0.15) is 0 Å². The minimum Gasteiger partial charge on any atom is -0.497 e. The number of ether oxygens (including phenoxy) is 1. The van der Waals surface area contributed by atoms with Crippen LogP contribution in [0.5, 0.6) is 5.75 Å². The minimum atomic E-state index is -0.702. The first-order chi connectivity index (χ1) is 11.5. The number of fused-ring (bicyclic) bond motifs is 1. The molecule has 2 aromatic carbocycles. The van der Waals surface area contributed by atoms with Gasteiger partial charge >= 0.3 is 0 Å². The summed E-state index contributed by atoms with van der Waals surface area (Å²) >= 11 is 6.03. The molecule has 5 nitrogen and oxygen atoms in total. The van der Waals surface area contributed by atoms with Gasteiger partial charge in [0.25, 0.3) is 5.91 Å². The predicted octanol–water partition coefficient (Wildman–Crippen LogP) is 3.07. The first-order valence-electron chi connectivity index (χ1n) is 7.50. The van der Waals surface area contributed by atoms with Crippen LogP contribution < -0.4 is 15.0 Å². The number of benzene rings is 2. The van der Waals surface area contributed by atoms with Gasteiger partial charge in [-0.1, -0.05) is 23.7 Å². The van der Waals surface area contributed by atoms with Crippen LogP contribution in [0.1, 0.15) is 24.1 Å². The molecule has 0 radical (unpaired) electrons. The molecule has 124 valence electrons. The van der Waals surface area contributed by atoms with Crippen molar-refractivity contribution in [3.05, 3.63) is 58.6 Å². The lowest BCUT2D eigenvalue weighted by Gasteiger charge is -2.18. The highest BCUT2D eigenvalue weighted by molar-refractivity contribution is 6.30. The summed E-state index contributed by atoms with van der Waals surface area (Å²) in [6.45, 7) is 1.78. The van der Waals surface area contributed by atoms with Gasteiger partial charge in [0.15, 0.2) is 0 Å². The molecule has 3 rings (SSSR count). The standard InChI is InChI=1S/C18H17ClN2O3/c1-11(22)20-17-15-9-14(24-2)6-7-16(15)21(18(17)23)10-12-4-3-5-13(19)8-12/h3-9,17H,10H2,1-2H3,(H,20,22)/t17-/m0/s1. The summed E-state index contributed by atoms with van der Waals surface area (Å²) in [7, 11) is 1.57. The number of methoxy groups -OCH3 is 1. The van der Waals surface area contributed by atoms with Crippen molar-refractivity contribution in [2.75, 3.05) is 12.0 Å². The van der Waals surface area contributed by atoms with Gasteiger partial charge in [-0.3, -0.25) is 9.59 Å². The van der Waals surface area contributed by atoms with Crippen molar-refractivity contribution in [2.45, 2.75) is 19.5 Å². The van der Waals surface area contributed by atoms with E-state index in [1.54, 1.807) is 30.2 Å². The summed E-state index contributed by atoms with van der Waals surface area (Å²) in [5, 5.41) is 3.33. The van der Waals surface area contributed by atoms with Gasteiger partial charge in [0.05, 0.1) is 19.3 Å². The van der Waals surface area contributed by atoms with Gasteiger partial charge in [0.1, 0.15) is 11.8 Å². The molecule has 2 amide bonds. The maximum atomic E-state index is 12.8. The molecule has 0 saturated carbocycles. The highest BCUT2D eigenvalue weighted by Crippen LogP contribution is 2.39. The van der Waals surface area contributed by atoms with Crippen molar-refractivity contribution in [2.24, 2.45) is 0 Å². The van der Waals surface area contributed by atoms with E-state index in [2.05, 4.69) is 5.32 Å². The van der Waals surface area contributed by atoms with E-state index in [-0.39, 0.29) is 11.8 Å². The third kappa shape index (κ3) is 3.08. The largest absolute Gasteiger partial charge is 0.497 e. The van der Waals surface area contributed by atoms with Gasteiger partial charge in [-0.25, -0.2) is 0 Å². The molecular weight excluding hydrogens is 328 g/mol. The zero-order valence-electron chi connectivity index (χ0n) is 13.4. The topological polar surface area (TPSA) is 58.6 Å². The first kappa shape index (κ1) is 16.3. The number of nitrogens with one attached hydrogen (secondary N) is 1. The number of carbonyl (C=O) groups excluding carboxylic acids is 2. The first-order valence-corrected chi connectivity index (χ1v) is 7.88. The summed E-state index contributed by atoms with van der Waals surface area (Å²) in [5.74, 6) is 0.210. The van der Waals surface area contributed by atoms with Crippen LogP contribution >= 0.6 is 11.6 Å². The minimum absolute atomic E-state index is 0.173. The predicted molar refractivity (Wildman–Crippen MR) is 92.2 cm³/mol. The normalized spacial score (nSPS) is 16.0. The molecule has 0 saturated heterocycles. The van der Waals surface area contributed by atoms with Crippen LogP contribution in [-0.4, -0.2) is 18.9 Å². The Hall–Kier alpha value is -2.53. The van der Waals surface area contributed by atoms with Gasteiger partial charge in [0, 0.05) is 17.5 Å². The van der Waals surface area contributed by atoms with E-state index >= 15 is 0 Å². The Bertz CT molecular complexity index is 807. The number of carbonyl (C=O) groups is 2. The molecule has 6 heteroatoms. The SMILES string of the molecule is COc1ccc2c(c1)[C@H](NC(C)=O)C(=O)N2Cc1cccc(Cl)c1. The average Bonchev–Trinajstić information content (AvgIpc) is 2.79. The highest BCUT2D eigenvalue weighted by Gasteiger charge is 2.38.